The van der Waals surface area contributed by atoms with E-state index in [4.69, 9.17) is 15.2 Å². The Kier molecular flexibility index (Phi) is 3.88. The van der Waals surface area contributed by atoms with Gasteiger partial charge in [-0.15, -0.1) is 0 Å². The van der Waals surface area contributed by atoms with Gasteiger partial charge in [0.05, 0.1) is 4.91 Å². The molecule has 1 aromatic rings. The van der Waals surface area contributed by atoms with Gasteiger partial charge < -0.3 is 15.2 Å². The average Bonchev–Trinajstić information content (AvgIpc) is 2.37. The molecule has 1 aliphatic rings. The molecule has 18 heavy (non-hydrogen) atoms. The van der Waals surface area contributed by atoms with Gasteiger partial charge in [0.15, 0.2) is 17.8 Å². The van der Waals surface area contributed by atoms with Gasteiger partial charge in [0.25, 0.3) is 5.24 Å². The fourth-order valence-corrected chi connectivity index (χ4v) is 1.99. The summed E-state index contributed by atoms with van der Waals surface area (Å²) in [5, 5.41) is -0.620. The summed E-state index contributed by atoms with van der Waals surface area (Å²) in [6, 6.07) is 5.29. The summed E-state index contributed by atoms with van der Waals surface area (Å²) in [7, 11) is 0. The van der Waals surface area contributed by atoms with Crippen molar-refractivity contribution < 1.29 is 19.1 Å². The smallest absolute Gasteiger partial charge is 0.281 e. The predicted molar refractivity (Wildman–Crippen MR) is 68.6 cm³/mol. The van der Waals surface area contributed by atoms with Crippen LogP contribution in [0.5, 0.6) is 11.5 Å². The Morgan fingerprint density at radius 1 is 1.28 bits per heavy atom. The largest absolute Gasteiger partial charge is 0.486 e. The zero-order valence-corrected chi connectivity index (χ0v) is 10.2. The van der Waals surface area contributed by atoms with E-state index in [1.54, 1.807) is 24.3 Å². The highest BCUT2D eigenvalue weighted by atomic mass is 32.2. The van der Waals surface area contributed by atoms with E-state index in [0.29, 0.717) is 42.8 Å². The fourth-order valence-electron chi connectivity index (χ4n) is 1.52. The van der Waals surface area contributed by atoms with Crippen LogP contribution in [-0.2, 0) is 4.79 Å². The Morgan fingerprint density at radius 2 is 2.00 bits per heavy atom. The number of hydrogen-bond acceptors (Lipinski definition) is 5. The fraction of sp³-hybridized carbons (Fsp3) is 0.167. The van der Waals surface area contributed by atoms with Gasteiger partial charge in [-0.2, -0.15) is 0 Å². The van der Waals surface area contributed by atoms with Crippen molar-refractivity contribution in [1.29, 1.82) is 0 Å². The van der Waals surface area contributed by atoms with Gasteiger partial charge in [0.2, 0.25) is 0 Å². The first-order valence-corrected chi connectivity index (χ1v) is 6.04. The van der Waals surface area contributed by atoms with E-state index >= 15 is 0 Å². The minimum atomic E-state index is -0.620. The number of aldehydes is 1. The van der Waals surface area contributed by atoms with Crippen molar-refractivity contribution in [2.24, 2.45) is 5.73 Å². The number of rotatable bonds is 3. The first-order valence-electron chi connectivity index (χ1n) is 5.23. The molecule has 0 atom stereocenters. The van der Waals surface area contributed by atoms with Crippen LogP contribution in [0.3, 0.4) is 0 Å². The van der Waals surface area contributed by atoms with Gasteiger partial charge in [0, 0.05) is 0 Å². The van der Waals surface area contributed by atoms with Crippen LogP contribution in [0.1, 0.15) is 5.56 Å². The van der Waals surface area contributed by atoms with Crippen molar-refractivity contribution in [2.45, 2.75) is 0 Å². The van der Waals surface area contributed by atoms with Crippen molar-refractivity contribution >= 4 is 29.4 Å². The average molecular weight is 265 g/mol. The lowest BCUT2D eigenvalue weighted by Crippen LogP contribution is -2.15. The molecule has 0 saturated heterocycles. The number of thioether (sulfide) groups is 1. The molecule has 1 amide bonds. The van der Waals surface area contributed by atoms with E-state index in [1.807, 2.05) is 0 Å². The zero-order valence-electron chi connectivity index (χ0n) is 9.42. The Morgan fingerprint density at radius 3 is 2.67 bits per heavy atom. The monoisotopic (exact) mass is 265 g/mol. The highest BCUT2D eigenvalue weighted by Crippen LogP contribution is 2.31. The van der Waals surface area contributed by atoms with E-state index < -0.39 is 5.24 Å². The molecule has 0 aromatic heterocycles. The summed E-state index contributed by atoms with van der Waals surface area (Å²) in [6.45, 7) is 1.02. The third-order valence-electron chi connectivity index (χ3n) is 2.21. The first-order chi connectivity index (χ1) is 8.69. The van der Waals surface area contributed by atoms with Crippen LogP contribution in [0.4, 0.5) is 4.79 Å². The van der Waals surface area contributed by atoms with Crippen molar-refractivity contribution in [2.75, 3.05) is 13.2 Å². The Bertz CT molecular complexity index is 513. The van der Waals surface area contributed by atoms with Crippen LogP contribution in [0, 0.1) is 0 Å². The number of fused-ring (bicyclic) bond motifs is 1. The number of carbonyl (C=O) groups excluding carboxylic acids is 2. The van der Waals surface area contributed by atoms with E-state index in [1.165, 1.54) is 0 Å². The third-order valence-corrected chi connectivity index (χ3v) is 2.86. The number of allylic oxidation sites excluding steroid dienone is 1. The minimum absolute atomic E-state index is 0.249. The minimum Gasteiger partial charge on any atom is -0.486 e. The lowest BCUT2D eigenvalue weighted by molar-refractivity contribution is -0.104. The number of ether oxygens (including phenoxy) is 2. The van der Waals surface area contributed by atoms with Crippen LogP contribution >= 0.6 is 11.8 Å². The normalized spacial score (nSPS) is 14.1. The van der Waals surface area contributed by atoms with Gasteiger partial charge >= 0.3 is 0 Å². The van der Waals surface area contributed by atoms with E-state index in [-0.39, 0.29) is 4.91 Å². The lowest BCUT2D eigenvalue weighted by atomic mass is 10.2. The highest BCUT2D eigenvalue weighted by Gasteiger charge is 2.11. The van der Waals surface area contributed by atoms with E-state index in [9.17, 15) is 9.59 Å². The van der Waals surface area contributed by atoms with Crippen molar-refractivity contribution in [3.8, 4) is 11.5 Å². The van der Waals surface area contributed by atoms with Gasteiger partial charge in [-0.3, -0.25) is 9.59 Å². The van der Waals surface area contributed by atoms with Gasteiger partial charge in [-0.05, 0) is 35.5 Å². The molecule has 5 nitrogen and oxygen atoms in total. The maximum Gasteiger partial charge on any atom is 0.281 e. The van der Waals surface area contributed by atoms with Crippen LogP contribution in [0.2, 0.25) is 0 Å². The van der Waals surface area contributed by atoms with Crippen molar-refractivity contribution in [3.63, 3.8) is 0 Å². The summed E-state index contributed by atoms with van der Waals surface area (Å²) in [5.74, 6) is 1.30. The zero-order chi connectivity index (χ0) is 13.0. The quantitative estimate of drug-likeness (QED) is 0.666. The predicted octanol–water partition coefficient (Wildman–Crippen LogP) is 1.81. The second-order valence-corrected chi connectivity index (χ2v) is 4.57. The van der Waals surface area contributed by atoms with E-state index in [2.05, 4.69) is 0 Å². The second-order valence-electron chi connectivity index (χ2n) is 3.49. The molecule has 0 radical (unpaired) electrons. The number of nitrogens with two attached hydrogens (primary N) is 1. The van der Waals surface area contributed by atoms with Gasteiger partial charge in [-0.1, -0.05) is 6.07 Å². The molecule has 6 heteroatoms. The third kappa shape index (κ3) is 3.04. The molecule has 2 rings (SSSR count). The molecule has 0 spiro atoms. The van der Waals surface area contributed by atoms with Crippen LogP contribution in [0.25, 0.3) is 6.08 Å². The molecule has 2 N–H and O–H groups in total. The van der Waals surface area contributed by atoms with Crippen molar-refractivity contribution in [1.82, 2.24) is 0 Å². The molecular weight excluding hydrogens is 254 g/mol. The molecule has 0 fully saturated rings. The highest BCUT2D eigenvalue weighted by molar-refractivity contribution is 8.17. The molecule has 1 aromatic carbocycles. The van der Waals surface area contributed by atoms with Gasteiger partial charge in [0.1, 0.15) is 13.2 Å². The second kappa shape index (κ2) is 5.59. The maximum atomic E-state index is 10.8. The summed E-state index contributed by atoms with van der Waals surface area (Å²) >= 11 is 0.692. The Hall–Kier alpha value is -1.95. The first kappa shape index (κ1) is 12.5. The molecule has 0 bridgehead atoms. The molecule has 1 aliphatic heterocycles. The maximum absolute atomic E-state index is 10.8. The molecule has 0 saturated carbocycles. The lowest BCUT2D eigenvalue weighted by Gasteiger charge is -2.18. The standard InChI is InChI=1S/C12H11NO4S/c13-12(15)18-9(7-14)5-8-1-2-10-11(6-8)17-4-3-16-10/h1-2,5-7H,3-4H2,(H2,13,15)/b9-5-. The molecule has 94 valence electrons. The number of carbonyl (C=O) groups is 2. The summed E-state index contributed by atoms with van der Waals surface area (Å²) in [6.07, 6.45) is 2.16. The van der Waals surface area contributed by atoms with Crippen molar-refractivity contribution in [3.05, 3.63) is 28.7 Å². The topological polar surface area (TPSA) is 78.6 Å². The number of benzene rings is 1. The Balaban J connectivity index is 2.25. The number of primary amides is 1. The SMILES string of the molecule is NC(=O)S/C(C=O)=C\c1ccc2c(c1)OCCO2. The molecule has 0 aliphatic carbocycles. The van der Waals surface area contributed by atoms with Gasteiger partial charge in [-0.25, -0.2) is 0 Å². The molecular formula is C12H11NO4S. The van der Waals surface area contributed by atoms with Crippen LogP contribution in [-0.4, -0.2) is 24.7 Å². The van der Waals surface area contributed by atoms with Crippen LogP contribution < -0.4 is 15.2 Å². The number of hydrogen-bond donors (Lipinski definition) is 1. The van der Waals surface area contributed by atoms with E-state index in [0.717, 1.165) is 5.56 Å². The van der Waals surface area contributed by atoms with Crippen LogP contribution in [0.15, 0.2) is 23.1 Å². The summed E-state index contributed by atoms with van der Waals surface area (Å²) in [5.41, 5.74) is 5.76. The number of amides is 1. The summed E-state index contributed by atoms with van der Waals surface area (Å²) < 4.78 is 10.8. The molecule has 0 unspecified atom stereocenters. The Labute approximate surface area is 108 Å². The summed E-state index contributed by atoms with van der Waals surface area (Å²) in [4.78, 5) is 21.8. The molecule has 1 heterocycles.